The Balaban J connectivity index is 2.16. The first-order valence-corrected chi connectivity index (χ1v) is 8.82. The lowest BCUT2D eigenvalue weighted by Gasteiger charge is -2.31. The molecule has 4 nitrogen and oxygen atoms in total. The van der Waals surface area contributed by atoms with Crippen LogP contribution in [0.25, 0.3) is 5.57 Å². The van der Waals surface area contributed by atoms with Crippen molar-refractivity contribution in [3.05, 3.63) is 77.9 Å². The van der Waals surface area contributed by atoms with Gasteiger partial charge in [-0.15, -0.1) is 0 Å². The number of hydrogen-bond acceptors (Lipinski definition) is 2. The largest absolute Gasteiger partial charge is 0.395 e. The highest BCUT2D eigenvalue weighted by atomic mass is 16.3. The average molecular weight is 352 g/mol. The van der Waals surface area contributed by atoms with Crippen LogP contribution in [0.15, 0.2) is 61.2 Å². The second-order valence-corrected chi connectivity index (χ2v) is 7.05. The van der Waals surface area contributed by atoms with E-state index in [1.54, 1.807) is 4.90 Å². The minimum atomic E-state index is -0.549. The van der Waals surface area contributed by atoms with Gasteiger partial charge < -0.3 is 15.3 Å². The number of allylic oxidation sites excluding steroid dienone is 1. The van der Waals surface area contributed by atoms with Gasteiger partial charge in [-0.2, -0.15) is 0 Å². The van der Waals surface area contributed by atoms with Crippen LogP contribution < -0.4 is 5.32 Å². The quantitative estimate of drug-likeness (QED) is 0.786. The summed E-state index contributed by atoms with van der Waals surface area (Å²) in [7, 11) is 0. The van der Waals surface area contributed by atoms with Gasteiger partial charge in [0.05, 0.1) is 12.1 Å². The van der Waals surface area contributed by atoms with Crippen LogP contribution in [0, 0.1) is 0 Å². The smallest absolute Gasteiger partial charge is 0.318 e. The van der Waals surface area contributed by atoms with Crippen LogP contribution in [0.2, 0.25) is 0 Å². The molecular weight excluding hydrogens is 324 g/mol. The number of urea groups is 1. The first kappa shape index (κ1) is 19.7. The molecule has 0 radical (unpaired) electrons. The van der Waals surface area contributed by atoms with E-state index < -0.39 is 5.54 Å². The lowest BCUT2D eigenvalue weighted by atomic mass is 9.92. The molecule has 0 heterocycles. The number of benzene rings is 2. The number of rotatable bonds is 7. The predicted molar refractivity (Wildman–Crippen MR) is 107 cm³/mol. The van der Waals surface area contributed by atoms with E-state index in [1.807, 2.05) is 69.3 Å². The molecule has 0 spiro atoms. The van der Waals surface area contributed by atoms with Gasteiger partial charge in [-0.3, -0.25) is 0 Å². The molecule has 2 amide bonds. The summed E-state index contributed by atoms with van der Waals surface area (Å²) in [5, 5.41) is 12.4. The number of aliphatic hydroxyl groups excluding tert-OH is 1. The Morgan fingerprint density at radius 2 is 1.85 bits per heavy atom. The van der Waals surface area contributed by atoms with Crippen molar-refractivity contribution in [2.24, 2.45) is 0 Å². The molecule has 2 aromatic carbocycles. The van der Waals surface area contributed by atoms with Gasteiger partial charge in [0.1, 0.15) is 0 Å². The maximum Gasteiger partial charge on any atom is 0.318 e. The molecule has 26 heavy (non-hydrogen) atoms. The van der Waals surface area contributed by atoms with Crippen LogP contribution in [0.4, 0.5) is 4.79 Å². The summed E-state index contributed by atoms with van der Waals surface area (Å²) in [6.45, 7) is 10.6. The van der Waals surface area contributed by atoms with Crippen molar-refractivity contribution in [3.63, 3.8) is 0 Å². The Labute approximate surface area is 156 Å². The van der Waals surface area contributed by atoms with Gasteiger partial charge in [0, 0.05) is 13.1 Å². The summed E-state index contributed by atoms with van der Waals surface area (Å²) in [4.78, 5) is 14.5. The van der Waals surface area contributed by atoms with Crippen LogP contribution in [0.1, 0.15) is 37.5 Å². The van der Waals surface area contributed by atoms with Gasteiger partial charge in [-0.1, -0.05) is 60.7 Å². The van der Waals surface area contributed by atoms with Crippen LogP contribution in [-0.2, 0) is 12.1 Å². The molecule has 0 aliphatic heterocycles. The summed E-state index contributed by atoms with van der Waals surface area (Å²) in [5.74, 6) is 0. The van der Waals surface area contributed by atoms with Crippen molar-refractivity contribution in [1.29, 1.82) is 0 Å². The molecule has 0 saturated carbocycles. The second kappa shape index (κ2) is 8.68. The molecule has 0 unspecified atom stereocenters. The van der Waals surface area contributed by atoms with E-state index in [9.17, 15) is 9.90 Å². The summed E-state index contributed by atoms with van der Waals surface area (Å²) >= 11 is 0. The molecule has 138 valence electrons. The Bertz CT molecular complexity index is 754. The second-order valence-electron chi connectivity index (χ2n) is 7.05. The van der Waals surface area contributed by atoms with E-state index in [1.165, 1.54) is 0 Å². The maximum atomic E-state index is 12.8. The molecule has 0 saturated heterocycles. The third-order valence-corrected chi connectivity index (χ3v) is 4.37. The Morgan fingerprint density at radius 1 is 1.15 bits per heavy atom. The zero-order valence-electron chi connectivity index (χ0n) is 15.8. The summed E-state index contributed by atoms with van der Waals surface area (Å²) in [6.07, 6.45) is 0. The lowest BCUT2D eigenvalue weighted by Crippen LogP contribution is -2.49. The number of hydrogen-bond donors (Lipinski definition) is 2. The summed E-state index contributed by atoms with van der Waals surface area (Å²) < 4.78 is 0. The van der Waals surface area contributed by atoms with Gasteiger partial charge in [0.25, 0.3) is 0 Å². The van der Waals surface area contributed by atoms with Crippen LogP contribution >= 0.6 is 0 Å². The van der Waals surface area contributed by atoms with Crippen molar-refractivity contribution < 1.29 is 9.90 Å². The van der Waals surface area contributed by atoms with E-state index in [0.29, 0.717) is 6.54 Å². The Kier molecular flexibility index (Phi) is 6.58. The number of nitrogens with one attached hydrogen (secondary N) is 1. The number of aliphatic hydroxyl groups is 1. The molecule has 0 aliphatic rings. The SMILES string of the molecule is C=C(C)c1cccc(C(C)(C)NC(=O)N(CCO)Cc2ccccc2)c1. The van der Waals surface area contributed by atoms with Gasteiger partial charge >= 0.3 is 6.03 Å². The van der Waals surface area contributed by atoms with Crippen LogP contribution in [0.3, 0.4) is 0 Å². The first-order valence-electron chi connectivity index (χ1n) is 8.82. The van der Waals surface area contributed by atoms with Gasteiger partial charge in [0.15, 0.2) is 0 Å². The van der Waals surface area contributed by atoms with Gasteiger partial charge in [-0.05, 0) is 43.5 Å². The lowest BCUT2D eigenvalue weighted by molar-refractivity contribution is 0.165. The van der Waals surface area contributed by atoms with E-state index in [2.05, 4.69) is 18.0 Å². The molecule has 0 aromatic heterocycles. The highest BCUT2D eigenvalue weighted by molar-refractivity contribution is 5.75. The Hall–Kier alpha value is -2.59. The summed E-state index contributed by atoms with van der Waals surface area (Å²) in [6, 6.07) is 17.6. The number of nitrogens with zero attached hydrogens (tertiary/aromatic N) is 1. The molecule has 2 rings (SSSR count). The third-order valence-electron chi connectivity index (χ3n) is 4.37. The normalized spacial score (nSPS) is 11.1. The van der Waals surface area contributed by atoms with E-state index in [-0.39, 0.29) is 19.2 Å². The molecule has 0 aliphatic carbocycles. The monoisotopic (exact) mass is 352 g/mol. The standard InChI is InChI=1S/C22H28N2O2/c1-17(2)19-11-8-12-20(15-19)22(3,4)23-21(26)24(13-14-25)16-18-9-6-5-7-10-18/h5-12,15,25H,1,13-14,16H2,2-4H3,(H,23,26). The molecule has 0 fully saturated rings. The Morgan fingerprint density at radius 3 is 2.46 bits per heavy atom. The number of carbonyl (C=O) groups is 1. The average Bonchev–Trinajstić information content (AvgIpc) is 2.62. The van der Waals surface area contributed by atoms with E-state index in [0.717, 1.165) is 22.3 Å². The fraction of sp³-hybridized carbons (Fsp3) is 0.318. The zero-order chi connectivity index (χ0) is 19.2. The minimum absolute atomic E-state index is 0.0776. The minimum Gasteiger partial charge on any atom is -0.395 e. The summed E-state index contributed by atoms with van der Waals surface area (Å²) in [5.41, 5.74) is 3.53. The predicted octanol–water partition coefficient (Wildman–Crippen LogP) is 4.16. The van der Waals surface area contributed by atoms with Crippen LogP contribution in [0.5, 0.6) is 0 Å². The fourth-order valence-electron chi connectivity index (χ4n) is 2.77. The van der Waals surface area contributed by atoms with Gasteiger partial charge in [-0.25, -0.2) is 4.79 Å². The molecule has 0 bridgehead atoms. The zero-order valence-corrected chi connectivity index (χ0v) is 15.8. The molecule has 2 N–H and O–H groups in total. The van der Waals surface area contributed by atoms with Crippen molar-refractivity contribution in [2.75, 3.05) is 13.2 Å². The van der Waals surface area contributed by atoms with E-state index in [4.69, 9.17) is 0 Å². The van der Waals surface area contributed by atoms with E-state index >= 15 is 0 Å². The first-order chi connectivity index (χ1) is 12.3. The third kappa shape index (κ3) is 5.20. The highest BCUT2D eigenvalue weighted by Crippen LogP contribution is 2.24. The molecule has 0 atom stereocenters. The molecule has 2 aromatic rings. The van der Waals surface area contributed by atoms with Crippen molar-refractivity contribution in [3.8, 4) is 0 Å². The molecule has 4 heteroatoms. The maximum absolute atomic E-state index is 12.8. The van der Waals surface area contributed by atoms with Crippen molar-refractivity contribution in [1.82, 2.24) is 10.2 Å². The van der Waals surface area contributed by atoms with Crippen LogP contribution in [-0.4, -0.2) is 29.2 Å². The molecular formula is C22H28N2O2. The van der Waals surface area contributed by atoms with Crippen molar-refractivity contribution >= 4 is 11.6 Å². The highest BCUT2D eigenvalue weighted by Gasteiger charge is 2.26. The van der Waals surface area contributed by atoms with Gasteiger partial charge in [0.2, 0.25) is 0 Å². The number of carbonyl (C=O) groups excluding carboxylic acids is 1. The number of amides is 2. The fourth-order valence-corrected chi connectivity index (χ4v) is 2.77. The van der Waals surface area contributed by atoms with Crippen molar-refractivity contribution in [2.45, 2.75) is 32.9 Å². The topological polar surface area (TPSA) is 52.6 Å².